The lowest BCUT2D eigenvalue weighted by molar-refractivity contribution is 0.254. The van der Waals surface area contributed by atoms with Crippen molar-refractivity contribution in [2.45, 2.75) is 39.3 Å². The molecule has 0 amide bonds. The van der Waals surface area contributed by atoms with Crippen LogP contribution in [0.2, 0.25) is 0 Å². The van der Waals surface area contributed by atoms with E-state index in [1.54, 1.807) is 0 Å². The maximum Gasteiger partial charge on any atom is 0.146 e. The van der Waals surface area contributed by atoms with Gasteiger partial charge in [0.25, 0.3) is 0 Å². The van der Waals surface area contributed by atoms with Gasteiger partial charge >= 0.3 is 0 Å². The second-order valence-corrected chi connectivity index (χ2v) is 9.91. The van der Waals surface area contributed by atoms with Crippen molar-refractivity contribution in [3.05, 3.63) is 78.8 Å². The highest BCUT2D eigenvalue weighted by atomic mass is 16.5. The van der Waals surface area contributed by atoms with E-state index in [1.807, 2.05) is 54.6 Å². The number of fused-ring (bicyclic) bond motifs is 1. The van der Waals surface area contributed by atoms with Gasteiger partial charge in [-0.2, -0.15) is 5.26 Å². The largest absolute Gasteiger partial charge is 0.457 e. The van der Waals surface area contributed by atoms with Crippen LogP contribution in [-0.2, 0) is 6.54 Å². The molecule has 7 nitrogen and oxygen atoms in total. The van der Waals surface area contributed by atoms with Gasteiger partial charge in [0.15, 0.2) is 0 Å². The SMILES string of the molecule is CC(C)C=C(C#N)CN1CCCC1Cn1cc(-c2ccc(Oc3ccccc3)cc2)c2c(N)ncnc21. The van der Waals surface area contributed by atoms with Gasteiger partial charge in [0, 0.05) is 36.5 Å². The number of likely N-dealkylation sites (tertiary alicyclic amines) is 1. The molecule has 0 radical (unpaired) electrons. The zero-order chi connectivity index (χ0) is 25.8. The van der Waals surface area contributed by atoms with Crippen molar-refractivity contribution >= 4 is 16.9 Å². The van der Waals surface area contributed by atoms with Crippen LogP contribution in [0.25, 0.3) is 22.2 Å². The number of hydrogen-bond acceptors (Lipinski definition) is 6. The van der Waals surface area contributed by atoms with E-state index in [2.05, 4.69) is 51.6 Å². The van der Waals surface area contributed by atoms with Gasteiger partial charge in [0.2, 0.25) is 0 Å². The van der Waals surface area contributed by atoms with Gasteiger partial charge in [-0.3, -0.25) is 4.90 Å². The molecule has 0 bridgehead atoms. The number of anilines is 1. The number of nitriles is 1. The Balaban J connectivity index is 1.42. The summed E-state index contributed by atoms with van der Waals surface area (Å²) in [4.78, 5) is 11.3. The maximum absolute atomic E-state index is 9.62. The van der Waals surface area contributed by atoms with Gasteiger partial charge in [-0.1, -0.05) is 50.3 Å². The molecule has 2 N–H and O–H groups in total. The summed E-state index contributed by atoms with van der Waals surface area (Å²) in [7, 11) is 0. The number of allylic oxidation sites excluding steroid dienone is 1. The third kappa shape index (κ3) is 5.50. The van der Waals surface area contributed by atoms with Gasteiger partial charge in [-0.15, -0.1) is 0 Å². The highest BCUT2D eigenvalue weighted by Crippen LogP contribution is 2.35. The first-order chi connectivity index (χ1) is 18.0. The van der Waals surface area contributed by atoms with Crippen LogP contribution >= 0.6 is 0 Å². The molecule has 1 aliphatic rings. The summed E-state index contributed by atoms with van der Waals surface area (Å²) in [5.41, 5.74) is 10.1. The lowest BCUT2D eigenvalue weighted by atomic mass is 10.1. The second kappa shape index (κ2) is 10.9. The number of nitrogen functional groups attached to an aromatic ring is 1. The minimum atomic E-state index is 0.324. The molecule has 1 unspecified atom stereocenters. The van der Waals surface area contributed by atoms with Crippen LogP contribution in [0.3, 0.4) is 0 Å². The van der Waals surface area contributed by atoms with Gasteiger partial charge in [-0.05, 0) is 55.1 Å². The molecule has 1 aliphatic heterocycles. The van der Waals surface area contributed by atoms with Gasteiger partial charge in [0.05, 0.1) is 11.5 Å². The molecule has 2 aromatic heterocycles. The Hall–Kier alpha value is -4.15. The first-order valence-corrected chi connectivity index (χ1v) is 12.8. The monoisotopic (exact) mass is 492 g/mol. The summed E-state index contributed by atoms with van der Waals surface area (Å²) >= 11 is 0. The molecule has 7 heteroatoms. The molecule has 5 rings (SSSR count). The number of para-hydroxylation sites is 1. The van der Waals surface area contributed by atoms with Crippen LogP contribution in [0.5, 0.6) is 11.5 Å². The lowest BCUT2D eigenvalue weighted by Crippen LogP contribution is -2.34. The lowest BCUT2D eigenvalue weighted by Gasteiger charge is -2.25. The Morgan fingerprint density at radius 2 is 1.89 bits per heavy atom. The Bertz CT molecular complexity index is 1430. The average Bonchev–Trinajstić information content (AvgIpc) is 3.50. The molecule has 1 saturated heterocycles. The van der Waals surface area contributed by atoms with Crippen molar-refractivity contribution in [3.8, 4) is 28.7 Å². The third-order valence-electron chi connectivity index (χ3n) is 6.79. The molecule has 37 heavy (non-hydrogen) atoms. The summed E-state index contributed by atoms with van der Waals surface area (Å²) in [6, 6.07) is 20.5. The molecule has 0 saturated carbocycles. The first kappa shape index (κ1) is 24.5. The summed E-state index contributed by atoms with van der Waals surface area (Å²) in [5, 5.41) is 10.5. The van der Waals surface area contributed by atoms with Gasteiger partial charge < -0.3 is 15.0 Å². The number of hydrogen-bond donors (Lipinski definition) is 1. The number of rotatable bonds is 8. The van der Waals surface area contributed by atoms with Crippen LogP contribution in [-0.4, -0.2) is 38.6 Å². The van der Waals surface area contributed by atoms with Gasteiger partial charge in [0.1, 0.15) is 29.3 Å². The molecule has 1 atom stereocenters. The number of aromatic nitrogens is 3. The minimum absolute atomic E-state index is 0.324. The van der Waals surface area contributed by atoms with Crippen LogP contribution in [0, 0.1) is 17.2 Å². The normalized spacial score (nSPS) is 16.4. The summed E-state index contributed by atoms with van der Waals surface area (Å²) in [6.07, 6.45) is 7.94. The van der Waals surface area contributed by atoms with E-state index in [9.17, 15) is 5.26 Å². The molecule has 2 aromatic carbocycles. The van der Waals surface area contributed by atoms with Crippen molar-refractivity contribution in [2.75, 3.05) is 18.8 Å². The van der Waals surface area contributed by atoms with E-state index in [0.717, 1.165) is 65.2 Å². The van der Waals surface area contributed by atoms with Crippen molar-refractivity contribution in [1.82, 2.24) is 19.4 Å². The highest BCUT2D eigenvalue weighted by molar-refractivity contribution is 6.00. The topological polar surface area (TPSA) is 93.0 Å². The molecule has 0 aliphatic carbocycles. The number of nitrogens with two attached hydrogens (primary N) is 1. The van der Waals surface area contributed by atoms with Crippen molar-refractivity contribution < 1.29 is 4.74 Å². The molecule has 188 valence electrons. The minimum Gasteiger partial charge on any atom is -0.457 e. The summed E-state index contributed by atoms with van der Waals surface area (Å²) < 4.78 is 8.16. The molecular formula is C30H32N6O. The summed E-state index contributed by atoms with van der Waals surface area (Å²) in [5.74, 6) is 2.40. The third-order valence-corrected chi connectivity index (χ3v) is 6.79. The molecule has 0 spiro atoms. The summed E-state index contributed by atoms with van der Waals surface area (Å²) in [6.45, 7) is 6.68. The fourth-order valence-electron chi connectivity index (χ4n) is 5.12. The molecule has 4 aromatic rings. The van der Waals surface area contributed by atoms with Crippen molar-refractivity contribution in [2.24, 2.45) is 5.92 Å². The predicted molar refractivity (Wildman–Crippen MR) is 147 cm³/mol. The Morgan fingerprint density at radius 1 is 1.14 bits per heavy atom. The average molecular weight is 493 g/mol. The zero-order valence-corrected chi connectivity index (χ0v) is 21.3. The van der Waals surface area contributed by atoms with Gasteiger partial charge in [-0.25, -0.2) is 9.97 Å². The van der Waals surface area contributed by atoms with Crippen LogP contribution in [0.1, 0.15) is 26.7 Å². The van der Waals surface area contributed by atoms with E-state index in [1.165, 1.54) is 6.33 Å². The smallest absolute Gasteiger partial charge is 0.146 e. The first-order valence-electron chi connectivity index (χ1n) is 12.8. The number of ether oxygens (including phenoxy) is 1. The number of nitrogens with zero attached hydrogens (tertiary/aromatic N) is 5. The zero-order valence-electron chi connectivity index (χ0n) is 21.3. The Kier molecular flexibility index (Phi) is 7.20. The van der Waals surface area contributed by atoms with Crippen molar-refractivity contribution in [1.29, 1.82) is 5.26 Å². The Labute approximate surface area is 217 Å². The van der Waals surface area contributed by atoms with Crippen LogP contribution < -0.4 is 10.5 Å². The molecule has 1 fully saturated rings. The van der Waals surface area contributed by atoms with E-state index in [4.69, 9.17) is 10.5 Å². The fraction of sp³-hybridized carbons (Fsp3) is 0.300. The molecular weight excluding hydrogens is 460 g/mol. The predicted octanol–water partition coefficient (Wildman–Crippen LogP) is 6.04. The van der Waals surface area contributed by atoms with E-state index in [-0.39, 0.29) is 0 Å². The van der Waals surface area contributed by atoms with E-state index >= 15 is 0 Å². The van der Waals surface area contributed by atoms with E-state index in [0.29, 0.717) is 24.3 Å². The molecule has 3 heterocycles. The highest BCUT2D eigenvalue weighted by Gasteiger charge is 2.27. The fourth-order valence-corrected chi connectivity index (χ4v) is 5.12. The van der Waals surface area contributed by atoms with Crippen LogP contribution in [0.15, 0.2) is 78.8 Å². The quantitative estimate of drug-likeness (QED) is 0.301. The van der Waals surface area contributed by atoms with Crippen LogP contribution in [0.4, 0.5) is 5.82 Å². The standard InChI is InChI=1S/C30H32N6O/c1-21(2)15-22(16-31)17-35-14-6-7-24(35)18-36-19-27(28-29(32)33-20-34-30(28)36)23-10-12-26(13-11-23)37-25-8-4-3-5-9-25/h3-5,8-13,15,19-21,24H,6-7,14,17-18H2,1-2H3,(H2,32,33,34). The second-order valence-electron chi connectivity index (χ2n) is 9.91. The number of benzene rings is 2. The van der Waals surface area contributed by atoms with E-state index < -0.39 is 0 Å². The maximum atomic E-state index is 9.62. The van der Waals surface area contributed by atoms with Crippen molar-refractivity contribution in [3.63, 3.8) is 0 Å². The Morgan fingerprint density at radius 3 is 2.62 bits per heavy atom.